The van der Waals surface area contributed by atoms with E-state index in [-0.39, 0.29) is 56.8 Å². The molecule has 4 aromatic rings. The normalized spacial score (nSPS) is 15.9. The van der Waals surface area contributed by atoms with Crippen molar-refractivity contribution >= 4 is 36.2 Å². The fraction of sp³-hybridized carbons (Fsp3) is 0.348. The van der Waals surface area contributed by atoms with Crippen molar-refractivity contribution in [2.24, 2.45) is 10.9 Å². The number of nitrogens with zero attached hydrogens (tertiary/aromatic N) is 4. The molecule has 0 spiro atoms. The highest BCUT2D eigenvalue weighted by Crippen LogP contribution is 2.35. The summed E-state index contributed by atoms with van der Waals surface area (Å²) in [6.07, 6.45) is 1.61. The van der Waals surface area contributed by atoms with Crippen molar-refractivity contribution in [1.29, 1.82) is 0 Å². The zero-order valence-corrected chi connectivity index (χ0v) is 33.7. The van der Waals surface area contributed by atoms with Crippen molar-refractivity contribution in [3.8, 4) is 0 Å². The third-order valence-electron chi connectivity index (χ3n) is 10.4. The van der Waals surface area contributed by atoms with Crippen molar-refractivity contribution in [2.75, 3.05) is 39.3 Å². The zero-order chi connectivity index (χ0) is 41.9. The summed E-state index contributed by atoms with van der Waals surface area (Å²) < 4.78 is 16.2. The number of piperazine rings is 1. The van der Waals surface area contributed by atoms with Crippen LogP contribution in [0, 0.1) is 5.92 Å². The van der Waals surface area contributed by atoms with Crippen LogP contribution < -0.4 is 10.6 Å². The Morgan fingerprint density at radius 1 is 0.583 bits per heavy atom. The Labute approximate surface area is 350 Å². The monoisotopic (exact) mass is 816 g/mol. The molecule has 0 bridgehead atoms. The van der Waals surface area contributed by atoms with Gasteiger partial charge < -0.3 is 24.0 Å². The summed E-state index contributed by atoms with van der Waals surface area (Å²) in [5, 5.41) is 4.99. The lowest BCUT2D eigenvalue weighted by Crippen LogP contribution is -2.67. The lowest BCUT2D eigenvalue weighted by Gasteiger charge is -2.48. The largest absolute Gasteiger partial charge is 0.449 e. The minimum Gasteiger partial charge on any atom is -0.449 e. The number of urea groups is 1. The van der Waals surface area contributed by atoms with E-state index >= 15 is 0 Å². The SMILES string of the molecule is O=C(NC(=NCCC[C@H]1C(=O)N(C(=O)N2CCN(C(=O)OCCCc3ccccc3)CC2)[C@@H]1CCc1ccccc1)NC(=O)OCc1ccccc1)OCc1ccccc1. The first-order chi connectivity index (χ1) is 29.3. The van der Waals surface area contributed by atoms with Crippen LogP contribution in [0.4, 0.5) is 19.2 Å². The number of hydrogen-bond donors (Lipinski definition) is 2. The Morgan fingerprint density at radius 3 is 1.60 bits per heavy atom. The standard InChI is InChI=1S/C46H52N6O8/c53-41-39(24-13-27-47-42(48-43(54)59-33-37-19-9-3-10-20-37)49-44(55)60-34-38-21-11-4-12-22-38)40(26-25-36-17-7-2-8-18-36)52(41)45(56)50-28-30-51(31-29-50)46(57)58-32-14-23-35-15-5-1-6-16-35/h1-12,15-22,39-40H,13-14,23-34H2,(H2,47,48,49,54,55)/t39-,40-/m1/s1. The first-order valence-corrected chi connectivity index (χ1v) is 20.5. The van der Waals surface area contributed by atoms with Crippen molar-refractivity contribution in [1.82, 2.24) is 25.3 Å². The van der Waals surface area contributed by atoms with E-state index in [1.54, 1.807) is 9.80 Å². The van der Waals surface area contributed by atoms with E-state index in [4.69, 9.17) is 14.2 Å². The molecule has 2 aliphatic heterocycles. The van der Waals surface area contributed by atoms with Crippen molar-refractivity contribution in [3.05, 3.63) is 144 Å². The number of ether oxygens (including phenoxy) is 3. The van der Waals surface area contributed by atoms with Gasteiger partial charge in [-0.15, -0.1) is 0 Å². The molecular formula is C46H52N6O8. The Kier molecular flexibility index (Phi) is 16.0. The Hall–Kier alpha value is -6.70. The highest BCUT2D eigenvalue weighted by Gasteiger charge is 2.51. The van der Waals surface area contributed by atoms with Gasteiger partial charge in [0, 0.05) is 32.7 Å². The van der Waals surface area contributed by atoms with Gasteiger partial charge in [0.05, 0.1) is 18.6 Å². The first-order valence-electron chi connectivity index (χ1n) is 20.5. The summed E-state index contributed by atoms with van der Waals surface area (Å²) in [5.74, 6) is -0.831. The van der Waals surface area contributed by atoms with Crippen LogP contribution in [0.3, 0.4) is 0 Å². The van der Waals surface area contributed by atoms with E-state index in [1.807, 2.05) is 121 Å². The molecular weight excluding hydrogens is 765 g/mol. The average molecular weight is 817 g/mol. The second-order valence-electron chi connectivity index (χ2n) is 14.6. The molecule has 0 aliphatic carbocycles. The number of aryl methyl sites for hydroxylation is 2. The summed E-state index contributed by atoms with van der Waals surface area (Å²) in [4.78, 5) is 74.8. The van der Waals surface area contributed by atoms with Crippen molar-refractivity contribution < 1.29 is 38.2 Å². The molecule has 2 heterocycles. The summed E-state index contributed by atoms with van der Waals surface area (Å²) >= 11 is 0. The molecule has 0 radical (unpaired) electrons. The van der Waals surface area contributed by atoms with Gasteiger partial charge in [0.2, 0.25) is 11.9 Å². The zero-order valence-electron chi connectivity index (χ0n) is 33.7. The number of imide groups is 1. The maximum atomic E-state index is 13.9. The Bertz CT molecular complexity index is 1970. The second kappa shape index (κ2) is 22.4. The molecule has 0 aromatic heterocycles. The van der Waals surface area contributed by atoms with Gasteiger partial charge in [-0.25, -0.2) is 19.2 Å². The molecule has 2 atom stereocenters. The van der Waals surface area contributed by atoms with Gasteiger partial charge in [-0.2, -0.15) is 0 Å². The maximum Gasteiger partial charge on any atom is 0.414 e. The van der Waals surface area contributed by atoms with E-state index < -0.39 is 24.2 Å². The molecule has 60 heavy (non-hydrogen) atoms. The van der Waals surface area contributed by atoms with Gasteiger partial charge in [0.15, 0.2) is 0 Å². The van der Waals surface area contributed by atoms with Crippen molar-refractivity contribution in [3.63, 3.8) is 0 Å². The predicted octanol–water partition coefficient (Wildman–Crippen LogP) is 6.94. The lowest BCUT2D eigenvalue weighted by atomic mass is 9.80. The summed E-state index contributed by atoms with van der Waals surface area (Å²) in [7, 11) is 0. The fourth-order valence-corrected chi connectivity index (χ4v) is 7.17. The van der Waals surface area contributed by atoms with Crippen LogP contribution in [-0.4, -0.2) is 96.2 Å². The summed E-state index contributed by atoms with van der Waals surface area (Å²) in [6, 6.07) is 37.6. The van der Waals surface area contributed by atoms with Gasteiger partial charge in [0.25, 0.3) is 0 Å². The fourth-order valence-electron chi connectivity index (χ4n) is 7.17. The molecule has 0 saturated carbocycles. The Morgan fingerprint density at radius 2 is 1.07 bits per heavy atom. The number of guanidine groups is 1. The molecule has 0 unspecified atom stereocenters. The predicted molar refractivity (Wildman–Crippen MR) is 225 cm³/mol. The molecule has 14 heteroatoms. The van der Waals surface area contributed by atoms with Crippen LogP contribution in [0.2, 0.25) is 0 Å². The van der Waals surface area contributed by atoms with E-state index in [2.05, 4.69) is 15.6 Å². The van der Waals surface area contributed by atoms with E-state index in [9.17, 15) is 24.0 Å². The summed E-state index contributed by atoms with van der Waals surface area (Å²) in [6.45, 7) is 1.69. The first kappa shape index (κ1) is 42.9. The van der Waals surface area contributed by atoms with Crippen LogP contribution in [-0.2, 0) is 45.1 Å². The molecule has 6 rings (SSSR count). The number of carbonyl (C=O) groups is 5. The number of aliphatic imine (C=N–C) groups is 1. The molecule has 2 N–H and O–H groups in total. The lowest BCUT2D eigenvalue weighted by molar-refractivity contribution is -0.152. The highest BCUT2D eigenvalue weighted by molar-refractivity contribution is 6.02. The molecule has 4 aromatic carbocycles. The molecule has 6 amide bonds. The van der Waals surface area contributed by atoms with E-state index in [0.717, 1.165) is 23.1 Å². The minimum absolute atomic E-state index is 0.0135. The summed E-state index contributed by atoms with van der Waals surface area (Å²) in [5.41, 5.74) is 3.86. The number of rotatable bonds is 15. The Balaban J connectivity index is 1.02. The molecule has 2 fully saturated rings. The van der Waals surface area contributed by atoms with Crippen LogP contribution in [0.1, 0.15) is 47.9 Å². The molecule has 2 aliphatic rings. The quantitative estimate of drug-likeness (QED) is 0.0429. The maximum absolute atomic E-state index is 13.9. The van der Waals surface area contributed by atoms with Crippen LogP contribution in [0.25, 0.3) is 0 Å². The van der Waals surface area contributed by atoms with Gasteiger partial charge in [0.1, 0.15) is 13.2 Å². The van der Waals surface area contributed by atoms with E-state index in [1.165, 1.54) is 10.5 Å². The topological polar surface area (TPSA) is 159 Å². The number of β-lactam (4-membered cyclic amide) rings is 1. The van der Waals surface area contributed by atoms with Crippen LogP contribution in [0.5, 0.6) is 0 Å². The number of carbonyl (C=O) groups excluding carboxylic acids is 5. The minimum atomic E-state index is -0.818. The van der Waals surface area contributed by atoms with Gasteiger partial charge in [-0.1, -0.05) is 121 Å². The molecule has 314 valence electrons. The van der Waals surface area contributed by atoms with Gasteiger partial charge in [-0.05, 0) is 60.8 Å². The smallest absolute Gasteiger partial charge is 0.414 e. The average Bonchev–Trinajstić information content (AvgIpc) is 3.28. The van der Waals surface area contributed by atoms with E-state index in [0.29, 0.717) is 51.8 Å². The third kappa shape index (κ3) is 12.9. The number of hydrogen-bond acceptors (Lipinski definition) is 9. The van der Waals surface area contributed by atoms with Gasteiger partial charge >= 0.3 is 24.3 Å². The number of benzene rings is 4. The van der Waals surface area contributed by atoms with Crippen molar-refractivity contribution in [2.45, 2.75) is 57.8 Å². The van der Waals surface area contributed by atoms with Crippen LogP contribution >= 0.6 is 0 Å². The number of alkyl carbamates (subject to hydrolysis) is 2. The number of nitrogens with one attached hydrogen (secondary N) is 2. The van der Waals surface area contributed by atoms with Crippen LogP contribution in [0.15, 0.2) is 126 Å². The van der Waals surface area contributed by atoms with Gasteiger partial charge in [-0.3, -0.25) is 25.3 Å². The molecule has 14 nitrogen and oxygen atoms in total. The number of amides is 6. The second-order valence-corrected chi connectivity index (χ2v) is 14.6. The number of likely N-dealkylation sites (tertiary alicyclic amines) is 1. The third-order valence-corrected chi connectivity index (χ3v) is 10.4. The highest BCUT2D eigenvalue weighted by atomic mass is 16.6. The molecule has 2 saturated heterocycles.